The average molecular weight is 364 g/mol. The molecule has 0 unspecified atom stereocenters. The second kappa shape index (κ2) is 8.86. The molecule has 1 atom stereocenters. The maximum Gasteiger partial charge on any atom is 0.320 e. The smallest absolute Gasteiger partial charge is 0.320 e. The molecule has 0 aromatic carbocycles. The van der Waals surface area contributed by atoms with Gasteiger partial charge < -0.3 is 10.1 Å². The summed E-state index contributed by atoms with van der Waals surface area (Å²) >= 11 is 0. The molecule has 1 aliphatic heterocycles. The van der Waals surface area contributed by atoms with E-state index in [1.165, 1.54) is 12.8 Å². The summed E-state index contributed by atoms with van der Waals surface area (Å²) in [4.78, 5) is 15.2. The fraction of sp³-hybridized carbons (Fsp3) is 0.789. The second-order valence-corrected chi connectivity index (χ2v) is 7.75. The number of aromatic nitrogens is 2. The Balaban J connectivity index is 1.61. The molecule has 2 fully saturated rings. The Morgan fingerprint density at radius 3 is 2.77 bits per heavy atom. The number of nitrogens with zero attached hydrogens (tertiary/aromatic N) is 3. The van der Waals surface area contributed by atoms with Crippen molar-refractivity contribution in [1.82, 2.24) is 20.0 Å². The van der Waals surface area contributed by atoms with Gasteiger partial charge in [-0.25, -0.2) is 9.48 Å². The highest BCUT2D eigenvalue weighted by Gasteiger charge is 2.37. The molecule has 146 valence electrons. The van der Waals surface area contributed by atoms with E-state index < -0.39 is 0 Å². The topological polar surface area (TPSA) is 71.4 Å². The minimum atomic E-state index is -0.124. The Kier molecular flexibility index (Phi) is 6.53. The quantitative estimate of drug-likeness (QED) is 0.781. The van der Waals surface area contributed by atoms with E-state index in [0.29, 0.717) is 0 Å². The first-order chi connectivity index (χ1) is 12.6. The molecule has 1 saturated heterocycles. The summed E-state index contributed by atoms with van der Waals surface area (Å²) in [6.07, 6.45) is 8.33. The third-order valence-electron chi connectivity index (χ3n) is 5.61. The number of amides is 2. The van der Waals surface area contributed by atoms with Crippen LogP contribution in [0.1, 0.15) is 58.4 Å². The van der Waals surface area contributed by atoms with Gasteiger partial charge in [0, 0.05) is 25.7 Å². The third-order valence-corrected chi connectivity index (χ3v) is 5.61. The zero-order valence-corrected chi connectivity index (χ0v) is 16.2. The first-order valence-corrected chi connectivity index (χ1v) is 10.0. The summed E-state index contributed by atoms with van der Waals surface area (Å²) in [5.41, 5.74) is -0.124. The Morgan fingerprint density at radius 2 is 2.08 bits per heavy atom. The molecule has 2 N–H and O–H groups in total. The lowest BCUT2D eigenvalue weighted by Gasteiger charge is -2.37. The molecule has 2 aliphatic rings. The molecule has 7 nitrogen and oxygen atoms in total. The number of hydrogen-bond donors (Lipinski definition) is 2. The fourth-order valence-electron chi connectivity index (χ4n) is 4.25. The molecule has 1 aromatic rings. The number of carbonyl (C=O) groups excluding carboxylic acids is 1. The van der Waals surface area contributed by atoms with Gasteiger partial charge in [-0.1, -0.05) is 26.2 Å². The first kappa shape index (κ1) is 19.2. The molecule has 0 spiro atoms. The number of anilines is 1. The molecular formula is C19H33N5O2. The van der Waals surface area contributed by atoms with Crippen molar-refractivity contribution in [2.24, 2.45) is 0 Å². The van der Waals surface area contributed by atoms with E-state index in [-0.39, 0.29) is 17.6 Å². The largest absolute Gasteiger partial charge is 0.379 e. The number of urea groups is 1. The van der Waals surface area contributed by atoms with Gasteiger partial charge in [-0.3, -0.25) is 10.2 Å². The lowest BCUT2D eigenvalue weighted by Crippen LogP contribution is -2.56. The van der Waals surface area contributed by atoms with Gasteiger partial charge in [0.05, 0.1) is 31.0 Å². The van der Waals surface area contributed by atoms with Crippen LogP contribution in [-0.2, 0) is 4.74 Å². The zero-order chi connectivity index (χ0) is 18.4. The lowest BCUT2D eigenvalue weighted by molar-refractivity contribution is 0.0254. The van der Waals surface area contributed by atoms with E-state index in [9.17, 15) is 4.79 Å². The summed E-state index contributed by atoms with van der Waals surface area (Å²) < 4.78 is 7.36. The number of carbonyl (C=O) groups is 1. The number of nitrogens with one attached hydrogen (secondary N) is 2. The predicted octanol–water partition coefficient (Wildman–Crippen LogP) is 3.01. The van der Waals surface area contributed by atoms with E-state index >= 15 is 0 Å². The minimum Gasteiger partial charge on any atom is -0.379 e. The molecule has 7 heteroatoms. The maximum absolute atomic E-state index is 12.7. The van der Waals surface area contributed by atoms with Gasteiger partial charge in [-0.2, -0.15) is 5.10 Å². The van der Waals surface area contributed by atoms with Gasteiger partial charge in [-0.05, 0) is 26.2 Å². The van der Waals surface area contributed by atoms with Gasteiger partial charge in [0.2, 0.25) is 0 Å². The summed E-state index contributed by atoms with van der Waals surface area (Å²) in [6, 6.07) is 2.03. The van der Waals surface area contributed by atoms with Crippen LogP contribution in [0.15, 0.2) is 12.3 Å². The van der Waals surface area contributed by atoms with E-state index in [0.717, 1.165) is 64.3 Å². The van der Waals surface area contributed by atoms with Crippen molar-refractivity contribution in [1.29, 1.82) is 0 Å². The van der Waals surface area contributed by atoms with Crippen molar-refractivity contribution in [3.63, 3.8) is 0 Å². The number of morpholine rings is 1. The van der Waals surface area contributed by atoms with E-state index in [4.69, 9.17) is 4.74 Å². The van der Waals surface area contributed by atoms with E-state index in [1.54, 1.807) is 6.20 Å². The van der Waals surface area contributed by atoms with Crippen LogP contribution in [0.2, 0.25) is 0 Å². The van der Waals surface area contributed by atoms with Gasteiger partial charge in [0.15, 0.2) is 0 Å². The van der Waals surface area contributed by atoms with Crippen molar-refractivity contribution in [3.05, 3.63) is 12.3 Å². The molecule has 1 saturated carbocycles. The normalized spacial score (nSPS) is 21.5. The van der Waals surface area contributed by atoms with Crippen molar-refractivity contribution in [3.8, 4) is 0 Å². The summed E-state index contributed by atoms with van der Waals surface area (Å²) in [5, 5.41) is 10.7. The van der Waals surface area contributed by atoms with Crippen LogP contribution in [0, 0.1) is 0 Å². The SMILES string of the molecule is CCC[C@@H](C)n1nccc1NC(=O)NC1(CN2CCOCC2)CCCC1. The minimum absolute atomic E-state index is 0.120. The molecule has 1 aliphatic carbocycles. The van der Waals surface area contributed by atoms with E-state index in [2.05, 4.69) is 34.5 Å². The van der Waals surface area contributed by atoms with Gasteiger partial charge in [-0.15, -0.1) is 0 Å². The summed E-state index contributed by atoms with van der Waals surface area (Å²) in [7, 11) is 0. The van der Waals surface area contributed by atoms with Crippen LogP contribution in [-0.4, -0.2) is 59.1 Å². The van der Waals surface area contributed by atoms with Crippen LogP contribution < -0.4 is 10.6 Å². The zero-order valence-electron chi connectivity index (χ0n) is 16.2. The Hall–Kier alpha value is -1.60. The van der Waals surface area contributed by atoms with Crippen LogP contribution >= 0.6 is 0 Å². The Labute approximate surface area is 156 Å². The number of rotatable bonds is 7. The number of ether oxygens (including phenoxy) is 1. The van der Waals surface area contributed by atoms with Crippen LogP contribution in [0.5, 0.6) is 0 Å². The Morgan fingerprint density at radius 1 is 1.35 bits per heavy atom. The van der Waals surface area contributed by atoms with Gasteiger partial charge in [0.25, 0.3) is 0 Å². The van der Waals surface area contributed by atoms with Crippen LogP contribution in [0.3, 0.4) is 0 Å². The lowest BCUT2D eigenvalue weighted by atomic mass is 9.96. The van der Waals surface area contributed by atoms with Crippen molar-refractivity contribution >= 4 is 11.8 Å². The van der Waals surface area contributed by atoms with E-state index in [1.807, 2.05) is 10.7 Å². The molecule has 1 aromatic heterocycles. The third kappa shape index (κ3) is 4.76. The molecule has 2 amide bonds. The van der Waals surface area contributed by atoms with Crippen molar-refractivity contribution in [2.45, 2.75) is 64.0 Å². The molecular weight excluding hydrogens is 330 g/mol. The predicted molar refractivity (Wildman–Crippen MR) is 102 cm³/mol. The summed E-state index contributed by atoms with van der Waals surface area (Å²) in [5.74, 6) is 0.767. The van der Waals surface area contributed by atoms with Gasteiger partial charge >= 0.3 is 6.03 Å². The highest BCUT2D eigenvalue weighted by Crippen LogP contribution is 2.31. The highest BCUT2D eigenvalue weighted by atomic mass is 16.5. The molecule has 0 bridgehead atoms. The average Bonchev–Trinajstić information content (AvgIpc) is 3.26. The number of hydrogen-bond acceptors (Lipinski definition) is 4. The van der Waals surface area contributed by atoms with Crippen LogP contribution in [0.4, 0.5) is 10.6 Å². The van der Waals surface area contributed by atoms with Crippen LogP contribution in [0.25, 0.3) is 0 Å². The molecule has 2 heterocycles. The molecule has 0 radical (unpaired) electrons. The summed E-state index contributed by atoms with van der Waals surface area (Å²) in [6.45, 7) is 8.69. The van der Waals surface area contributed by atoms with Crippen molar-refractivity contribution in [2.75, 3.05) is 38.2 Å². The van der Waals surface area contributed by atoms with Gasteiger partial charge in [0.1, 0.15) is 5.82 Å². The van der Waals surface area contributed by atoms with Crippen molar-refractivity contribution < 1.29 is 9.53 Å². The molecule has 3 rings (SSSR count). The first-order valence-electron chi connectivity index (χ1n) is 10.0. The standard InChI is InChI=1S/C19H33N5O2/c1-3-6-16(2)24-17(7-10-20-24)21-18(25)22-19(8-4-5-9-19)15-23-11-13-26-14-12-23/h7,10,16H,3-6,8-9,11-15H2,1-2H3,(H2,21,22,25)/t16-/m1/s1. The maximum atomic E-state index is 12.7. The highest BCUT2D eigenvalue weighted by molar-refractivity contribution is 5.88. The second-order valence-electron chi connectivity index (χ2n) is 7.75. The Bertz CT molecular complexity index is 576. The fourth-order valence-corrected chi connectivity index (χ4v) is 4.25. The molecule has 26 heavy (non-hydrogen) atoms. The monoisotopic (exact) mass is 363 g/mol.